The van der Waals surface area contributed by atoms with E-state index in [9.17, 15) is 14.3 Å². The summed E-state index contributed by atoms with van der Waals surface area (Å²) < 4.78 is 18.2. The smallest absolute Gasteiger partial charge is 0.339 e. The van der Waals surface area contributed by atoms with Gasteiger partial charge in [0.2, 0.25) is 0 Å². The van der Waals surface area contributed by atoms with Gasteiger partial charge in [0, 0.05) is 0 Å². The fourth-order valence-corrected chi connectivity index (χ4v) is 1.73. The van der Waals surface area contributed by atoms with Crippen LogP contribution in [-0.4, -0.2) is 23.3 Å². The van der Waals surface area contributed by atoms with Gasteiger partial charge in [-0.1, -0.05) is 12.1 Å². The van der Waals surface area contributed by atoms with Crippen LogP contribution in [0.2, 0.25) is 0 Å². The minimum atomic E-state index is -1.21. The first kappa shape index (κ1) is 12.9. The number of aromatic carboxylic acids is 1. The molecule has 2 rings (SSSR count). The zero-order valence-corrected chi connectivity index (χ0v) is 10.1. The average molecular weight is 262 g/mol. The second kappa shape index (κ2) is 4.97. The maximum Gasteiger partial charge on any atom is 0.339 e. The first-order chi connectivity index (χ1) is 9.02. The van der Waals surface area contributed by atoms with Gasteiger partial charge in [0.25, 0.3) is 0 Å². The molecule has 0 bridgehead atoms. The minimum Gasteiger partial charge on any atom is -0.507 e. The number of carboxylic acid groups (broad SMARTS) is 1. The van der Waals surface area contributed by atoms with Crippen LogP contribution in [0.5, 0.6) is 11.5 Å². The molecule has 5 heteroatoms. The van der Waals surface area contributed by atoms with Gasteiger partial charge in [0.05, 0.1) is 7.11 Å². The first-order valence-corrected chi connectivity index (χ1v) is 5.43. The lowest BCUT2D eigenvalue weighted by Crippen LogP contribution is -1.96. The fourth-order valence-electron chi connectivity index (χ4n) is 1.73. The number of rotatable bonds is 3. The molecule has 0 aromatic heterocycles. The maximum absolute atomic E-state index is 13.3. The highest BCUT2D eigenvalue weighted by molar-refractivity contribution is 5.91. The quantitative estimate of drug-likeness (QED) is 0.892. The molecule has 0 aliphatic rings. The van der Waals surface area contributed by atoms with Crippen LogP contribution < -0.4 is 4.74 Å². The zero-order valence-electron chi connectivity index (χ0n) is 10.1. The number of aromatic hydroxyl groups is 1. The molecule has 19 heavy (non-hydrogen) atoms. The summed E-state index contributed by atoms with van der Waals surface area (Å²) >= 11 is 0. The van der Waals surface area contributed by atoms with E-state index in [0.717, 1.165) is 0 Å². The van der Waals surface area contributed by atoms with Crippen molar-refractivity contribution in [2.45, 2.75) is 0 Å². The molecular formula is C14H11FO4. The molecule has 0 saturated carbocycles. The van der Waals surface area contributed by atoms with E-state index in [1.807, 2.05) is 0 Å². The topological polar surface area (TPSA) is 66.8 Å². The standard InChI is InChI=1S/C14H11FO4/c1-19-13-7-9(3-5-11(13)15)8-2-4-10(14(17)18)12(16)6-8/h2-7,16H,1H3,(H,17,18). The lowest BCUT2D eigenvalue weighted by atomic mass is 10.0. The van der Waals surface area contributed by atoms with Crippen LogP contribution in [0, 0.1) is 5.82 Å². The zero-order chi connectivity index (χ0) is 14.0. The van der Waals surface area contributed by atoms with Crippen LogP contribution >= 0.6 is 0 Å². The molecule has 0 heterocycles. The molecule has 2 N–H and O–H groups in total. The maximum atomic E-state index is 13.3. The highest BCUT2D eigenvalue weighted by atomic mass is 19.1. The molecule has 0 unspecified atom stereocenters. The SMILES string of the molecule is COc1cc(-c2ccc(C(=O)O)c(O)c2)ccc1F. The van der Waals surface area contributed by atoms with Crippen molar-refractivity contribution >= 4 is 5.97 Å². The Hall–Kier alpha value is -2.56. The Balaban J connectivity index is 2.48. The van der Waals surface area contributed by atoms with Crippen molar-refractivity contribution < 1.29 is 24.1 Å². The van der Waals surface area contributed by atoms with Crippen LogP contribution in [-0.2, 0) is 0 Å². The van der Waals surface area contributed by atoms with Crippen LogP contribution in [0.25, 0.3) is 11.1 Å². The number of halogens is 1. The van der Waals surface area contributed by atoms with E-state index in [-0.39, 0.29) is 17.1 Å². The first-order valence-electron chi connectivity index (χ1n) is 5.43. The monoisotopic (exact) mass is 262 g/mol. The second-order valence-corrected chi connectivity index (χ2v) is 3.89. The molecule has 0 spiro atoms. The van der Waals surface area contributed by atoms with Crippen LogP contribution in [0.4, 0.5) is 4.39 Å². The summed E-state index contributed by atoms with van der Waals surface area (Å²) in [6.45, 7) is 0. The predicted molar refractivity (Wildman–Crippen MR) is 67.0 cm³/mol. The van der Waals surface area contributed by atoms with Crippen LogP contribution in [0.1, 0.15) is 10.4 Å². The molecule has 0 atom stereocenters. The summed E-state index contributed by atoms with van der Waals surface area (Å²) in [7, 11) is 1.35. The van der Waals surface area contributed by atoms with Gasteiger partial charge in [-0.3, -0.25) is 0 Å². The summed E-state index contributed by atoms with van der Waals surface area (Å²) in [4.78, 5) is 10.8. The molecule has 4 nitrogen and oxygen atoms in total. The van der Waals surface area contributed by atoms with Gasteiger partial charge in [-0.25, -0.2) is 9.18 Å². The third-order valence-electron chi connectivity index (χ3n) is 2.71. The van der Waals surface area contributed by atoms with Gasteiger partial charge < -0.3 is 14.9 Å². The second-order valence-electron chi connectivity index (χ2n) is 3.89. The van der Waals surface area contributed by atoms with E-state index in [2.05, 4.69) is 0 Å². The normalized spacial score (nSPS) is 10.2. The van der Waals surface area contributed by atoms with Crippen molar-refractivity contribution in [3.05, 3.63) is 47.8 Å². The molecule has 98 valence electrons. The number of hydrogen-bond acceptors (Lipinski definition) is 3. The third-order valence-corrected chi connectivity index (χ3v) is 2.71. The number of benzene rings is 2. The molecule has 2 aromatic carbocycles. The summed E-state index contributed by atoms with van der Waals surface area (Å²) in [6.07, 6.45) is 0. The molecule has 2 aromatic rings. The highest BCUT2D eigenvalue weighted by Crippen LogP contribution is 2.30. The van der Waals surface area contributed by atoms with Crippen molar-refractivity contribution in [3.63, 3.8) is 0 Å². The van der Waals surface area contributed by atoms with Crippen LogP contribution in [0.15, 0.2) is 36.4 Å². The molecule has 0 fully saturated rings. The molecule has 0 radical (unpaired) electrons. The number of phenols is 1. The van der Waals surface area contributed by atoms with E-state index >= 15 is 0 Å². The van der Waals surface area contributed by atoms with Crippen molar-refractivity contribution in [1.82, 2.24) is 0 Å². The van der Waals surface area contributed by atoms with Gasteiger partial charge in [0.15, 0.2) is 11.6 Å². The fraction of sp³-hybridized carbons (Fsp3) is 0.0714. The molecule has 0 aliphatic heterocycles. The average Bonchev–Trinajstić information content (AvgIpc) is 2.38. The summed E-state index contributed by atoms with van der Waals surface area (Å²) in [6, 6.07) is 8.39. The van der Waals surface area contributed by atoms with Crippen LogP contribution in [0.3, 0.4) is 0 Å². The Bertz CT molecular complexity index is 637. The summed E-state index contributed by atoms with van der Waals surface area (Å²) in [5.74, 6) is -1.95. The van der Waals surface area contributed by atoms with E-state index in [1.165, 1.54) is 43.5 Å². The lowest BCUT2D eigenvalue weighted by molar-refractivity contribution is 0.0694. The Labute approximate surface area is 108 Å². The molecular weight excluding hydrogens is 251 g/mol. The highest BCUT2D eigenvalue weighted by Gasteiger charge is 2.11. The van der Waals surface area contributed by atoms with Crippen molar-refractivity contribution in [1.29, 1.82) is 0 Å². The number of methoxy groups -OCH3 is 1. The number of ether oxygens (including phenoxy) is 1. The van der Waals surface area contributed by atoms with Crippen molar-refractivity contribution in [2.24, 2.45) is 0 Å². The molecule has 0 saturated heterocycles. The number of carboxylic acids is 1. The largest absolute Gasteiger partial charge is 0.507 e. The Kier molecular flexibility index (Phi) is 3.37. The van der Waals surface area contributed by atoms with E-state index in [1.54, 1.807) is 0 Å². The van der Waals surface area contributed by atoms with Gasteiger partial charge >= 0.3 is 5.97 Å². The minimum absolute atomic E-state index is 0.0827. The van der Waals surface area contributed by atoms with Crippen molar-refractivity contribution in [2.75, 3.05) is 7.11 Å². The Morgan fingerprint density at radius 3 is 2.37 bits per heavy atom. The summed E-state index contributed by atoms with van der Waals surface area (Å²) in [5, 5.41) is 18.4. The number of carbonyl (C=O) groups is 1. The van der Waals surface area contributed by atoms with Gasteiger partial charge in [-0.15, -0.1) is 0 Å². The Morgan fingerprint density at radius 1 is 1.16 bits per heavy atom. The number of hydrogen-bond donors (Lipinski definition) is 2. The van der Waals surface area contributed by atoms with Gasteiger partial charge in [0.1, 0.15) is 11.3 Å². The Morgan fingerprint density at radius 2 is 1.79 bits per heavy atom. The van der Waals surface area contributed by atoms with Crippen molar-refractivity contribution in [3.8, 4) is 22.6 Å². The van der Waals surface area contributed by atoms with Gasteiger partial charge in [-0.05, 0) is 35.4 Å². The predicted octanol–water partition coefficient (Wildman–Crippen LogP) is 2.91. The van der Waals surface area contributed by atoms with E-state index < -0.39 is 11.8 Å². The van der Waals surface area contributed by atoms with E-state index in [4.69, 9.17) is 9.84 Å². The third kappa shape index (κ3) is 2.49. The molecule has 0 amide bonds. The van der Waals surface area contributed by atoms with Gasteiger partial charge in [-0.2, -0.15) is 0 Å². The van der Waals surface area contributed by atoms with E-state index in [0.29, 0.717) is 11.1 Å². The summed E-state index contributed by atoms with van der Waals surface area (Å²) in [5.41, 5.74) is 1.00. The molecule has 0 aliphatic carbocycles. The lowest BCUT2D eigenvalue weighted by Gasteiger charge is -2.07.